The zero-order valence-corrected chi connectivity index (χ0v) is 18.7. The normalized spacial score (nSPS) is 17.4. The van der Waals surface area contributed by atoms with Crippen LogP contribution in [0.4, 0.5) is 0 Å². The van der Waals surface area contributed by atoms with E-state index in [9.17, 15) is 0 Å². The maximum atomic E-state index is 2.45. The van der Waals surface area contributed by atoms with Crippen LogP contribution < -0.4 is 0 Å². The van der Waals surface area contributed by atoms with Crippen LogP contribution in [0.25, 0.3) is 11.6 Å². The first-order chi connectivity index (χ1) is 12.0. The van der Waals surface area contributed by atoms with Gasteiger partial charge in [0.05, 0.1) is 8.80 Å². The molecule has 1 atom stereocenters. The van der Waals surface area contributed by atoms with Crippen molar-refractivity contribution in [2.24, 2.45) is 0 Å². The van der Waals surface area contributed by atoms with Crippen molar-refractivity contribution in [1.82, 2.24) is 0 Å². The summed E-state index contributed by atoms with van der Waals surface area (Å²) in [7, 11) is -0.483. The van der Waals surface area contributed by atoms with Crippen LogP contribution in [0.1, 0.15) is 74.9 Å². The van der Waals surface area contributed by atoms with E-state index in [1.807, 2.05) is 0 Å². The molecular formula is C25H33Si. The summed E-state index contributed by atoms with van der Waals surface area (Å²) in [4.78, 5) is 0. The van der Waals surface area contributed by atoms with Gasteiger partial charge >= 0.3 is 0 Å². The minimum atomic E-state index is -0.483. The van der Waals surface area contributed by atoms with Crippen molar-refractivity contribution in [3.63, 3.8) is 0 Å². The lowest BCUT2D eigenvalue weighted by molar-refractivity contribution is 0.568. The molecule has 1 aliphatic rings. The van der Waals surface area contributed by atoms with Crippen molar-refractivity contribution in [3.05, 3.63) is 70.3 Å². The number of fused-ring (bicyclic) bond motifs is 1. The molecule has 2 aromatic carbocycles. The standard InChI is InChI=1S/C25H33Si/c1-24(2,3)19-13-18(14-20(16-19)25(4,5)6)22-15-17-11-9-10-12-21(17)23(22)26(7)8/h9-16,23H,1-8H3. The Morgan fingerprint density at radius 3 is 1.81 bits per heavy atom. The maximum absolute atomic E-state index is 2.45. The van der Waals surface area contributed by atoms with E-state index < -0.39 is 8.80 Å². The third kappa shape index (κ3) is 3.60. The number of hydrogen-bond acceptors (Lipinski definition) is 0. The molecule has 26 heavy (non-hydrogen) atoms. The van der Waals surface area contributed by atoms with Gasteiger partial charge in [-0.2, -0.15) is 0 Å². The molecule has 2 aromatic rings. The van der Waals surface area contributed by atoms with E-state index in [2.05, 4.69) is 103 Å². The topological polar surface area (TPSA) is 0 Å². The lowest BCUT2D eigenvalue weighted by Crippen LogP contribution is -2.19. The predicted octanol–water partition coefficient (Wildman–Crippen LogP) is 7.21. The Kier molecular flexibility index (Phi) is 4.81. The van der Waals surface area contributed by atoms with Gasteiger partial charge < -0.3 is 0 Å². The molecule has 0 bridgehead atoms. The molecule has 0 saturated carbocycles. The second kappa shape index (κ2) is 6.53. The molecule has 137 valence electrons. The molecule has 3 rings (SSSR count). The Hall–Kier alpha value is -1.60. The molecule has 1 aliphatic carbocycles. The Balaban J connectivity index is 2.20. The first kappa shape index (κ1) is 19.2. The molecule has 0 spiro atoms. The average molecular weight is 362 g/mol. The van der Waals surface area contributed by atoms with Crippen molar-refractivity contribution >= 4 is 20.4 Å². The van der Waals surface area contributed by atoms with Gasteiger partial charge in [0.15, 0.2) is 0 Å². The van der Waals surface area contributed by atoms with Crippen LogP contribution >= 0.6 is 0 Å². The van der Waals surface area contributed by atoms with Crippen molar-refractivity contribution < 1.29 is 0 Å². The summed E-state index contributed by atoms with van der Waals surface area (Å²) < 4.78 is 0. The predicted molar refractivity (Wildman–Crippen MR) is 118 cm³/mol. The Bertz CT molecular complexity index is 809. The van der Waals surface area contributed by atoms with E-state index in [-0.39, 0.29) is 10.8 Å². The van der Waals surface area contributed by atoms with Gasteiger partial charge in [-0.15, -0.1) is 0 Å². The molecule has 0 saturated heterocycles. The SMILES string of the molecule is C[Si](C)C1C(c2cc(C(C)(C)C)cc(C(C)(C)C)c2)=Cc2ccccc21. The van der Waals surface area contributed by atoms with Crippen LogP contribution in [0.2, 0.25) is 13.1 Å². The minimum Gasteiger partial charge on any atom is -0.0705 e. The first-order valence-corrected chi connectivity index (χ1v) is 12.3. The molecule has 0 aliphatic heterocycles. The van der Waals surface area contributed by atoms with Crippen LogP contribution in [0.15, 0.2) is 42.5 Å². The molecule has 0 nitrogen and oxygen atoms in total. The van der Waals surface area contributed by atoms with Crippen LogP contribution in [0, 0.1) is 0 Å². The van der Waals surface area contributed by atoms with Crippen molar-refractivity contribution in [3.8, 4) is 0 Å². The highest BCUT2D eigenvalue weighted by atomic mass is 28.3. The summed E-state index contributed by atoms with van der Waals surface area (Å²) in [5.41, 5.74) is 9.67. The molecule has 0 heterocycles. The molecule has 0 fully saturated rings. The average Bonchev–Trinajstić information content (AvgIpc) is 2.92. The van der Waals surface area contributed by atoms with Crippen LogP contribution in [0.5, 0.6) is 0 Å². The van der Waals surface area contributed by atoms with Crippen LogP contribution in [-0.2, 0) is 10.8 Å². The maximum Gasteiger partial charge on any atom is 0.0556 e. The van der Waals surface area contributed by atoms with Crippen molar-refractivity contribution in [2.75, 3.05) is 0 Å². The summed E-state index contributed by atoms with van der Waals surface area (Å²) in [6.45, 7) is 18.8. The smallest absolute Gasteiger partial charge is 0.0556 e. The van der Waals surface area contributed by atoms with Gasteiger partial charge in [0, 0.05) is 5.54 Å². The summed E-state index contributed by atoms with van der Waals surface area (Å²) in [5, 5.41) is 0. The highest BCUT2D eigenvalue weighted by Gasteiger charge is 2.30. The van der Waals surface area contributed by atoms with Gasteiger partial charge in [-0.05, 0) is 44.2 Å². The molecule has 1 unspecified atom stereocenters. The monoisotopic (exact) mass is 361 g/mol. The number of hydrogen-bond donors (Lipinski definition) is 0. The molecule has 1 radical (unpaired) electrons. The largest absolute Gasteiger partial charge is 0.0705 e. The minimum absolute atomic E-state index is 0.156. The van der Waals surface area contributed by atoms with Crippen LogP contribution in [0.3, 0.4) is 0 Å². The van der Waals surface area contributed by atoms with E-state index in [0.717, 1.165) is 0 Å². The molecular weight excluding hydrogens is 328 g/mol. The van der Waals surface area contributed by atoms with Gasteiger partial charge in [-0.3, -0.25) is 0 Å². The summed E-state index contributed by atoms with van der Waals surface area (Å²) in [6.07, 6.45) is 2.45. The fourth-order valence-corrected chi connectivity index (χ4v) is 5.61. The fraction of sp³-hybridized carbons (Fsp3) is 0.440. The van der Waals surface area contributed by atoms with Gasteiger partial charge in [0.2, 0.25) is 0 Å². The highest BCUT2D eigenvalue weighted by Crippen LogP contribution is 2.45. The van der Waals surface area contributed by atoms with E-state index in [4.69, 9.17) is 0 Å². The van der Waals surface area contributed by atoms with E-state index >= 15 is 0 Å². The number of benzene rings is 2. The first-order valence-electron chi connectivity index (χ1n) is 9.75. The van der Waals surface area contributed by atoms with Gasteiger partial charge in [-0.25, -0.2) is 0 Å². The molecule has 1 heteroatoms. The lowest BCUT2D eigenvalue weighted by atomic mass is 9.78. The van der Waals surface area contributed by atoms with Crippen LogP contribution in [-0.4, -0.2) is 8.80 Å². The van der Waals surface area contributed by atoms with E-state index in [1.165, 1.54) is 33.4 Å². The fourth-order valence-electron chi connectivity index (χ4n) is 3.86. The second-order valence-corrected chi connectivity index (χ2v) is 12.8. The third-order valence-corrected chi connectivity index (χ3v) is 7.28. The molecule has 0 aromatic heterocycles. The number of allylic oxidation sites excluding steroid dienone is 1. The zero-order chi connectivity index (χ0) is 19.3. The van der Waals surface area contributed by atoms with Crippen molar-refractivity contribution in [2.45, 2.75) is 71.0 Å². The quantitative estimate of drug-likeness (QED) is 0.496. The third-order valence-electron chi connectivity index (χ3n) is 5.50. The lowest BCUT2D eigenvalue weighted by Gasteiger charge is -2.28. The molecule has 0 N–H and O–H groups in total. The Morgan fingerprint density at radius 2 is 1.31 bits per heavy atom. The van der Waals surface area contributed by atoms with Crippen molar-refractivity contribution in [1.29, 1.82) is 0 Å². The van der Waals surface area contributed by atoms with E-state index in [0.29, 0.717) is 5.54 Å². The summed E-state index contributed by atoms with van der Waals surface area (Å²) in [5.74, 6) is 0. The Morgan fingerprint density at radius 1 is 0.769 bits per heavy atom. The van der Waals surface area contributed by atoms with E-state index in [1.54, 1.807) is 0 Å². The number of rotatable bonds is 2. The van der Waals surface area contributed by atoms with Gasteiger partial charge in [0.25, 0.3) is 0 Å². The summed E-state index contributed by atoms with van der Waals surface area (Å²) in [6, 6.07) is 16.3. The second-order valence-electron chi connectivity index (χ2n) is 10.0. The highest BCUT2D eigenvalue weighted by molar-refractivity contribution is 6.60. The van der Waals surface area contributed by atoms with Gasteiger partial charge in [-0.1, -0.05) is 103 Å². The Labute approximate surface area is 162 Å². The summed E-state index contributed by atoms with van der Waals surface area (Å²) >= 11 is 0. The molecule has 0 amide bonds. The zero-order valence-electron chi connectivity index (χ0n) is 17.7. The van der Waals surface area contributed by atoms with Gasteiger partial charge in [0.1, 0.15) is 0 Å².